The number of hydrogen-bond donors (Lipinski definition) is 1. The predicted octanol–water partition coefficient (Wildman–Crippen LogP) is 5.22. The van der Waals surface area contributed by atoms with Gasteiger partial charge in [0.25, 0.3) is 0 Å². The second-order valence-electron chi connectivity index (χ2n) is 9.10. The third kappa shape index (κ3) is 4.17. The monoisotopic (exact) mass is 413 g/mol. The molecule has 160 valence electrons. The molecule has 30 heavy (non-hydrogen) atoms. The van der Waals surface area contributed by atoms with Gasteiger partial charge < -0.3 is 14.3 Å². The highest BCUT2D eigenvalue weighted by molar-refractivity contribution is 5.96. The van der Waals surface area contributed by atoms with E-state index in [2.05, 4.69) is 25.8 Å². The quantitative estimate of drug-likeness (QED) is 0.576. The van der Waals surface area contributed by atoms with Crippen LogP contribution in [0.25, 0.3) is 17.1 Å². The predicted molar refractivity (Wildman–Crippen MR) is 113 cm³/mol. The van der Waals surface area contributed by atoms with Crippen LogP contribution >= 0.6 is 0 Å². The highest BCUT2D eigenvalue weighted by atomic mass is 16.7. The summed E-state index contributed by atoms with van der Waals surface area (Å²) in [7, 11) is 0. The molecule has 0 aliphatic rings. The highest BCUT2D eigenvalue weighted by Gasteiger charge is 2.38. The fourth-order valence-electron chi connectivity index (χ4n) is 4.24. The summed E-state index contributed by atoms with van der Waals surface area (Å²) in [5.74, 6) is 0.870. The Morgan fingerprint density at radius 1 is 1.20 bits per heavy atom. The second-order valence-corrected chi connectivity index (χ2v) is 9.10. The van der Waals surface area contributed by atoms with E-state index in [1.807, 2.05) is 13.8 Å². The maximum Gasteiger partial charge on any atom is 0.511 e. The number of carboxylic acid groups (broad SMARTS) is 1. The van der Waals surface area contributed by atoms with Crippen molar-refractivity contribution in [2.75, 3.05) is 4.90 Å². The van der Waals surface area contributed by atoms with Gasteiger partial charge in [0.1, 0.15) is 5.69 Å². The number of pyridine rings is 1. The van der Waals surface area contributed by atoms with Gasteiger partial charge in [0.15, 0.2) is 23.0 Å². The number of hydrogen-bond acceptors (Lipinski definition) is 5. The molecule has 0 aliphatic heterocycles. The number of anilines is 1. The summed E-state index contributed by atoms with van der Waals surface area (Å²) < 4.78 is 12.2. The van der Waals surface area contributed by atoms with Gasteiger partial charge in [0.2, 0.25) is 5.91 Å². The molecule has 8 nitrogen and oxygen atoms in total. The number of nitrogens with zero attached hydrogens (tertiary/aromatic N) is 3. The molecule has 0 unspecified atom stereocenters. The van der Waals surface area contributed by atoms with Crippen LogP contribution in [-0.2, 0) is 4.79 Å². The summed E-state index contributed by atoms with van der Waals surface area (Å²) in [6.45, 7) is 11.9. The molecule has 3 aromatic heterocycles. The van der Waals surface area contributed by atoms with Crippen LogP contribution in [0.3, 0.4) is 0 Å². The molecule has 0 spiro atoms. The van der Waals surface area contributed by atoms with Gasteiger partial charge in [-0.15, -0.1) is 0 Å². The first-order chi connectivity index (χ1) is 13.9. The first-order valence-electron chi connectivity index (χ1n) is 9.67. The molecule has 0 bridgehead atoms. The zero-order valence-electron chi connectivity index (χ0n) is 18.1. The molecular weight excluding hydrogens is 386 g/mol. The molecule has 3 heterocycles. The van der Waals surface area contributed by atoms with Crippen molar-refractivity contribution in [2.45, 2.75) is 53.5 Å². The topological polar surface area (TPSA) is 97.3 Å². The van der Waals surface area contributed by atoms with Gasteiger partial charge in [0.05, 0.1) is 6.26 Å². The smallest absolute Gasteiger partial charge is 0.463 e. The lowest BCUT2D eigenvalue weighted by Crippen LogP contribution is -2.50. The van der Waals surface area contributed by atoms with Gasteiger partial charge >= 0.3 is 6.16 Å². The largest absolute Gasteiger partial charge is 0.511 e. The molecule has 0 saturated carbocycles. The molecule has 0 aliphatic carbocycles. The van der Waals surface area contributed by atoms with E-state index in [1.165, 1.54) is 19.3 Å². The SMILES string of the molecule is CC(=O)N(c1c(-c2ccco2)nc2c(OC(=O)O)cccn12)C(C)(C)CC(C)(C)C. The summed E-state index contributed by atoms with van der Waals surface area (Å²) in [6, 6.07) is 6.65. The van der Waals surface area contributed by atoms with Crippen LogP contribution in [0.15, 0.2) is 41.1 Å². The first-order valence-corrected chi connectivity index (χ1v) is 9.67. The van der Waals surface area contributed by atoms with Crippen LogP contribution in [0.4, 0.5) is 10.6 Å². The van der Waals surface area contributed by atoms with Crippen molar-refractivity contribution in [1.29, 1.82) is 0 Å². The summed E-state index contributed by atoms with van der Waals surface area (Å²) in [5.41, 5.74) is 0.100. The Kier molecular flexibility index (Phi) is 5.36. The van der Waals surface area contributed by atoms with Gasteiger partial charge in [-0.1, -0.05) is 20.8 Å². The first kappa shape index (κ1) is 21.4. The van der Waals surface area contributed by atoms with Crippen LogP contribution in [0, 0.1) is 5.41 Å². The molecule has 3 rings (SSSR count). The summed E-state index contributed by atoms with van der Waals surface area (Å²) in [4.78, 5) is 30.4. The van der Waals surface area contributed by atoms with Gasteiger partial charge in [-0.05, 0) is 49.9 Å². The molecule has 8 heteroatoms. The molecule has 1 N–H and O–H groups in total. The number of furan rings is 1. The van der Waals surface area contributed by atoms with Crippen LogP contribution in [0.2, 0.25) is 0 Å². The fourth-order valence-corrected chi connectivity index (χ4v) is 4.24. The summed E-state index contributed by atoms with van der Waals surface area (Å²) in [5, 5.41) is 9.10. The zero-order valence-corrected chi connectivity index (χ0v) is 18.1. The number of rotatable bonds is 5. The Balaban J connectivity index is 2.32. The maximum absolute atomic E-state index is 12.9. The average molecular weight is 413 g/mol. The van der Waals surface area contributed by atoms with Crippen LogP contribution in [-0.4, -0.2) is 32.1 Å². The Morgan fingerprint density at radius 2 is 1.90 bits per heavy atom. The fraction of sp³-hybridized carbons (Fsp3) is 0.409. The van der Waals surface area contributed by atoms with E-state index in [0.717, 1.165) is 6.42 Å². The minimum absolute atomic E-state index is 0.0416. The Morgan fingerprint density at radius 3 is 2.43 bits per heavy atom. The van der Waals surface area contributed by atoms with Gasteiger partial charge in [0, 0.05) is 18.7 Å². The normalized spacial score (nSPS) is 12.2. The van der Waals surface area contributed by atoms with Gasteiger partial charge in [-0.2, -0.15) is 0 Å². The maximum atomic E-state index is 12.9. The number of aromatic nitrogens is 2. The third-order valence-electron chi connectivity index (χ3n) is 4.64. The number of carbonyl (C=O) groups is 2. The van der Waals surface area contributed by atoms with E-state index in [-0.39, 0.29) is 22.7 Å². The van der Waals surface area contributed by atoms with E-state index in [0.29, 0.717) is 17.3 Å². The lowest BCUT2D eigenvalue weighted by Gasteiger charge is -2.41. The lowest BCUT2D eigenvalue weighted by atomic mass is 9.80. The number of fused-ring (bicyclic) bond motifs is 1. The van der Waals surface area contributed by atoms with E-state index < -0.39 is 11.7 Å². The van der Waals surface area contributed by atoms with Gasteiger partial charge in [-0.25, -0.2) is 9.78 Å². The highest BCUT2D eigenvalue weighted by Crippen LogP contribution is 2.41. The Hall–Kier alpha value is -3.29. The standard InChI is InChI=1S/C22H27N3O5/c1-14(26)25(22(5,6)13-21(2,3)4)19-17(15-10-8-12-29-15)23-18-16(30-20(27)28)9-7-11-24(18)19/h7-12H,13H2,1-6H3,(H,27,28). The number of ether oxygens (including phenoxy) is 1. The van der Waals surface area contributed by atoms with Crippen molar-refractivity contribution < 1.29 is 23.8 Å². The molecule has 1 amide bonds. The minimum Gasteiger partial charge on any atom is -0.463 e. The molecule has 0 radical (unpaired) electrons. The number of imidazole rings is 1. The van der Waals surface area contributed by atoms with Crippen LogP contribution in [0.1, 0.15) is 48.0 Å². The van der Waals surface area contributed by atoms with Crippen molar-refractivity contribution in [3.8, 4) is 17.2 Å². The average Bonchev–Trinajstić information content (AvgIpc) is 3.20. The summed E-state index contributed by atoms with van der Waals surface area (Å²) in [6.07, 6.45) is 2.53. The van der Waals surface area contributed by atoms with Crippen LogP contribution in [0.5, 0.6) is 5.75 Å². The minimum atomic E-state index is -1.44. The molecule has 3 aromatic rings. The van der Waals surface area contributed by atoms with Crippen molar-refractivity contribution in [2.24, 2.45) is 5.41 Å². The molecule has 0 saturated heterocycles. The van der Waals surface area contributed by atoms with Crippen molar-refractivity contribution >= 4 is 23.5 Å². The second kappa shape index (κ2) is 7.51. The molecule has 0 aromatic carbocycles. The molecule has 0 atom stereocenters. The van der Waals surface area contributed by atoms with E-state index in [4.69, 9.17) is 14.3 Å². The van der Waals surface area contributed by atoms with Crippen molar-refractivity contribution in [3.05, 3.63) is 36.7 Å². The summed E-state index contributed by atoms with van der Waals surface area (Å²) >= 11 is 0. The number of amides is 1. The lowest BCUT2D eigenvalue weighted by molar-refractivity contribution is -0.117. The van der Waals surface area contributed by atoms with Crippen LogP contribution < -0.4 is 9.64 Å². The van der Waals surface area contributed by atoms with Crippen molar-refractivity contribution in [3.63, 3.8) is 0 Å². The van der Waals surface area contributed by atoms with E-state index in [1.54, 1.807) is 33.7 Å². The van der Waals surface area contributed by atoms with Gasteiger partial charge in [-0.3, -0.25) is 14.1 Å². The Bertz CT molecular complexity index is 1070. The Labute approximate surface area is 175 Å². The van der Waals surface area contributed by atoms with Crippen molar-refractivity contribution in [1.82, 2.24) is 9.38 Å². The van der Waals surface area contributed by atoms with E-state index >= 15 is 0 Å². The molecular formula is C22H27N3O5. The molecule has 0 fully saturated rings. The zero-order chi connectivity index (χ0) is 22.3. The number of carbonyl (C=O) groups excluding carboxylic acids is 1. The third-order valence-corrected chi connectivity index (χ3v) is 4.64. The van der Waals surface area contributed by atoms with E-state index in [9.17, 15) is 9.59 Å².